The van der Waals surface area contributed by atoms with Crippen LogP contribution < -0.4 is 4.89 Å². The van der Waals surface area contributed by atoms with Crippen molar-refractivity contribution in [3.8, 4) is 0 Å². The molecular weight excluding hydrogens is 234 g/mol. The summed E-state index contributed by atoms with van der Waals surface area (Å²) in [6.07, 6.45) is -0.511. The van der Waals surface area contributed by atoms with Gasteiger partial charge in [0.05, 0.1) is 6.10 Å². The van der Waals surface area contributed by atoms with E-state index in [1.165, 1.54) is 0 Å². The van der Waals surface area contributed by atoms with Crippen molar-refractivity contribution in [1.29, 1.82) is 0 Å². The maximum Gasteiger partial charge on any atom is 0.271 e. The topological polar surface area (TPSA) is 77.1 Å². The third-order valence-electron chi connectivity index (χ3n) is 2.43. The summed E-state index contributed by atoms with van der Waals surface area (Å²) in [5.74, 6) is -1.40. The van der Waals surface area contributed by atoms with E-state index in [0.717, 1.165) is 0 Å². The molecule has 0 amide bonds. The van der Waals surface area contributed by atoms with Gasteiger partial charge in [0.15, 0.2) is 0 Å². The molecule has 2 saturated heterocycles. The van der Waals surface area contributed by atoms with Gasteiger partial charge in [-0.1, -0.05) is 0 Å². The Morgan fingerprint density at radius 1 is 1.69 bits per heavy atom. The fraction of sp³-hybridized carbons (Fsp3) is 1.00. The molecule has 1 unspecified atom stereocenters. The van der Waals surface area contributed by atoms with Crippen molar-refractivity contribution in [3.63, 3.8) is 0 Å². The van der Waals surface area contributed by atoms with E-state index >= 15 is 0 Å². The maximum absolute atomic E-state index is 11.2. The van der Waals surface area contributed by atoms with Gasteiger partial charge in [0.25, 0.3) is 7.82 Å². The Bertz CT molecular complexity index is 324. The molecule has 0 aromatic rings. The van der Waals surface area contributed by atoms with Gasteiger partial charge in [0, 0.05) is 6.00 Å². The predicted octanol–water partition coefficient (Wildman–Crippen LogP) is -0.0936. The molecule has 2 rings (SSSR count). The Morgan fingerprint density at radius 2 is 2.38 bits per heavy atom. The smallest absolute Gasteiger partial charge is 0.271 e. The van der Waals surface area contributed by atoms with Crippen LogP contribution in [0.5, 0.6) is 0 Å². The molecule has 0 aliphatic carbocycles. The second kappa shape index (κ2) is 4.08. The first kappa shape index (κ1) is 12.5. The average molecular weight is 247 g/mol. The number of rotatable bonds is 3. The Balaban J connectivity index is 2.11. The maximum atomic E-state index is 11.2. The summed E-state index contributed by atoms with van der Waals surface area (Å²) in [4.78, 5) is 11.2. The van der Waals surface area contributed by atoms with Crippen LogP contribution in [0.2, 0.25) is 0 Å². The van der Waals surface area contributed by atoms with E-state index in [1.807, 2.05) is 13.8 Å². The van der Waals surface area contributed by atoms with Crippen LogP contribution in [0.15, 0.2) is 0 Å². The highest BCUT2D eigenvalue weighted by Crippen LogP contribution is 2.58. The quantitative estimate of drug-likeness (QED) is 0.512. The first-order valence-electron chi connectivity index (χ1n) is 5.08. The van der Waals surface area contributed by atoms with Gasteiger partial charge in [0.1, 0.15) is 20.6 Å². The molecule has 0 N–H and O–H groups in total. The molecular formula is C8H13BO6P-. The zero-order valence-electron chi connectivity index (χ0n) is 9.12. The lowest BCUT2D eigenvalue weighted by Gasteiger charge is -2.27. The molecule has 16 heavy (non-hydrogen) atoms. The molecule has 2 fully saturated rings. The molecule has 8 heteroatoms. The van der Waals surface area contributed by atoms with Gasteiger partial charge in [-0.15, -0.1) is 0 Å². The lowest BCUT2D eigenvalue weighted by Crippen LogP contribution is -2.42. The van der Waals surface area contributed by atoms with Crippen LogP contribution in [0.1, 0.15) is 20.3 Å². The fourth-order valence-corrected chi connectivity index (χ4v) is 2.97. The standard InChI is InChI=1S/C8H14BO6P/c1-5(2)12-4-8-6(3-7(9)13-8)14-16(10,11)15-8/h5-7H,3-4H2,1-2H3,(H,10,11)/p-1/t6-,7-,8+/m1/s1. The molecule has 0 spiro atoms. The highest BCUT2D eigenvalue weighted by Gasteiger charge is 2.58. The second-order valence-corrected chi connectivity index (χ2v) is 5.48. The Kier molecular flexibility index (Phi) is 3.20. The number of ether oxygens (including phenoxy) is 2. The molecule has 0 bridgehead atoms. The van der Waals surface area contributed by atoms with Crippen molar-refractivity contribution in [2.45, 2.75) is 44.3 Å². The van der Waals surface area contributed by atoms with Gasteiger partial charge < -0.3 is 18.9 Å². The molecule has 4 atom stereocenters. The van der Waals surface area contributed by atoms with Gasteiger partial charge in [-0.2, -0.15) is 0 Å². The molecule has 90 valence electrons. The average Bonchev–Trinajstić information content (AvgIpc) is 2.49. The van der Waals surface area contributed by atoms with Gasteiger partial charge in [-0.25, -0.2) is 0 Å². The normalized spacial score (nSPS) is 47.5. The van der Waals surface area contributed by atoms with Crippen molar-refractivity contribution >= 4 is 15.7 Å². The van der Waals surface area contributed by atoms with Crippen LogP contribution in [-0.4, -0.2) is 38.5 Å². The number of hydrogen-bond donors (Lipinski definition) is 0. The van der Waals surface area contributed by atoms with E-state index in [0.29, 0.717) is 0 Å². The first-order chi connectivity index (χ1) is 7.33. The molecule has 2 aliphatic heterocycles. The van der Waals surface area contributed by atoms with Gasteiger partial charge in [-0.05, 0) is 20.3 Å². The lowest BCUT2D eigenvalue weighted by atomic mass is 9.96. The molecule has 6 nitrogen and oxygen atoms in total. The van der Waals surface area contributed by atoms with Crippen LogP contribution >= 0.6 is 7.82 Å². The predicted molar refractivity (Wildman–Crippen MR) is 52.6 cm³/mol. The summed E-state index contributed by atoms with van der Waals surface area (Å²) in [7, 11) is 1.29. The van der Waals surface area contributed by atoms with E-state index in [1.54, 1.807) is 0 Å². The Hall–Kier alpha value is 0.0949. The number of phosphoric ester groups is 1. The molecule has 0 saturated carbocycles. The SMILES string of the molecule is [B][C@H]1C[C@H]2OP(=O)([O-])O[C@]2(COC(C)C)O1. The Morgan fingerprint density at radius 3 is 3.00 bits per heavy atom. The first-order valence-corrected chi connectivity index (χ1v) is 6.54. The number of fused-ring (bicyclic) bond motifs is 1. The molecule has 2 aliphatic rings. The number of hydrogen-bond acceptors (Lipinski definition) is 6. The Labute approximate surface area is 95.2 Å². The largest absolute Gasteiger partial charge is 0.756 e. The van der Waals surface area contributed by atoms with Crippen LogP contribution in [0.3, 0.4) is 0 Å². The van der Waals surface area contributed by atoms with E-state index in [-0.39, 0.29) is 19.1 Å². The molecule has 2 radical (unpaired) electrons. The third-order valence-corrected chi connectivity index (χ3v) is 3.47. The monoisotopic (exact) mass is 247 g/mol. The molecule has 2 heterocycles. The highest BCUT2D eigenvalue weighted by molar-refractivity contribution is 7.46. The van der Waals surface area contributed by atoms with Crippen molar-refractivity contribution in [2.24, 2.45) is 0 Å². The van der Waals surface area contributed by atoms with Crippen molar-refractivity contribution in [1.82, 2.24) is 0 Å². The van der Waals surface area contributed by atoms with E-state index in [4.69, 9.17) is 26.4 Å². The minimum absolute atomic E-state index is 0.0186. The van der Waals surface area contributed by atoms with Crippen LogP contribution in [0, 0.1) is 0 Å². The second-order valence-electron chi connectivity index (χ2n) is 4.20. The van der Waals surface area contributed by atoms with Crippen LogP contribution in [-0.2, 0) is 23.1 Å². The summed E-state index contributed by atoms with van der Waals surface area (Å²) >= 11 is 0. The zero-order chi connectivity index (χ0) is 12.0. The minimum atomic E-state index is -4.28. The van der Waals surface area contributed by atoms with Gasteiger partial charge in [0.2, 0.25) is 5.79 Å². The summed E-state index contributed by atoms with van der Waals surface area (Å²) in [5, 5.41) is 0. The fourth-order valence-electron chi connectivity index (χ4n) is 1.78. The molecule has 0 aromatic heterocycles. The van der Waals surface area contributed by atoms with Crippen LogP contribution in [0.4, 0.5) is 0 Å². The van der Waals surface area contributed by atoms with E-state index in [2.05, 4.69) is 0 Å². The van der Waals surface area contributed by atoms with Crippen molar-refractivity contribution < 1.29 is 28.0 Å². The highest BCUT2D eigenvalue weighted by atomic mass is 31.2. The van der Waals surface area contributed by atoms with Gasteiger partial charge >= 0.3 is 0 Å². The third kappa shape index (κ3) is 2.35. The number of phosphoric acid groups is 1. The summed E-state index contributed by atoms with van der Waals surface area (Å²) in [6, 6.07) is -0.596. The summed E-state index contributed by atoms with van der Waals surface area (Å²) in [6.45, 7) is 3.63. The molecule has 0 aromatic carbocycles. The van der Waals surface area contributed by atoms with E-state index < -0.39 is 25.7 Å². The van der Waals surface area contributed by atoms with Crippen LogP contribution in [0.25, 0.3) is 0 Å². The lowest BCUT2D eigenvalue weighted by molar-refractivity contribution is -0.245. The minimum Gasteiger partial charge on any atom is -0.756 e. The van der Waals surface area contributed by atoms with Crippen molar-refractivity contribution in [3.05, 3.63) is 0 Å². The van der Waals surface area contributed by atoms with Crippen molar-refractivity contribution in [2.75, 3.05) is 6.61 Å². The zero-order valence-corrected chi connectivity index (χ0v) is 10.0. The summed E-state index contributed by atoms with van der Waals surface area (Å²) in [5.41, 5.74) is 0. The summed E-state index contributed by atoms with van der Waals surface area (Å²) < 4.78 is 31.4. The van der Waals surface area contributed by atoms with E-state index in [9.17, 15) is 9.46 Å². The van der Waals surface area contributed by atoms with Gasteiger partial charge in [-0.3, -0.25) is 9.09 Å².